The van der Waals surface area contributed by atoms with Gasteiger partial charge in [0.05, 0.1) is 0 Å². The van der Waals surface area contributed by atoms with E-state index >= 15 is 0 Å². The van der Waals surface area contributed by atoms with Gasteiger partial charge >= 0.3 is 0 Å². The third kappa shape index (κ3) is 3.71. The van der Waals surface area contributed by atoms with Gasteiger partial charge in [-0.25, -0.2) is 4.39 Å². The number of anilines is 1. The summed E-state index contributed by atoms with van der Waals surface area (Å²) in [6.07, 6.45) is 0.682. The number of carbonyl (C=O) groups excluding carboxylic acids is 2. The zero-order valence-corrected chi connectivity index (χ0v) is 13.6. The summed E-state index contributed by atoms with van der Waals surface area (Å²) in [5, 5.41) is 2.63. The monoisotopic (exact) mass is 344 g/mol. The van der Waals surface area contributed by atoms with E-state index < -0.39 is 11.7 Å². The van der Waals surface area contributed by atoms with Crippen molar-refractivity contribution in [2.24, 2.45) is 5.73 Å². The van der Waals surface area contributed by atoms with Crippen molar-refractivity contribution in [3.05, 3.63) is 52.8 Å². The first-order chi connectivity index (χ1) is 11.9. The van der Waals surface area contributed by atoms with Gasteiger partial charge in [0, 0.05) is 23.2 Å². The minimum Gasteiger partial charge on any atom is -0.454 e. The average molecular weight is 344 g/mol. The first-order valence-electron chi connectivity index (χ1n) is 7.72. The Morgan fingerprint density at radius 2 is 1.96 bits per heavy atom. The molecule has 0 spiro atoms. The molecule has 0 fully saturated rings. The third-order valence-corrected chi connectivity index (χ3v) is 3.98. The van der Waals surface area contributed by atoms with Crippen molar-refractivity contribution in [1.82, 2.24) is 0 Å². The average Bonchev–Trinajstić information content (AvgIpc) is 3.04. The highest BCUT2D eigenvalue weighted by molar-refractivity contribution is 5.97. The first-order valence-corrected chi connectivity index (χ1v) is 7.72. The van der Waals surface area contributed by atoms with Gasteiger partial charge < -0.3 is 20.5 Å². The summed E-state index contributed by atoms with van der Waals surface area (Å²) < 4.78 is 24.4. The van der Waals surface area contributed by atoms with Crippen LogP contribution in [0.2, 0.25) is 0 Å². The molecule has 0 atom stereocenters. The molecule has 3 N–H and O–H groups in total. The van der Waals surface area contributed by atoms with E-state index in [1.54, 1.807) is 6.07 Å². The topological polar surface area (TPSA) is 90.7 Å². The number of rotatable bonds is 5. The van der Waals surface area contributed by atoms with Crippen LogP contribution < -0.4 is 20.5 Å². The molecular weight excluding hydrogens is 327 g/mol. The Morgan fingerprint density at radius 3 is 2.72 bits per heavy atom. The van der Waals surface area contributed by atoms with Crippen molar-refractivity contribution in [3.63, 3.8) is 0 Å². The van der Waals surface area contributed by atoms with Gasteiger partial charge in [-0.2, -0.15) is 0 Å². The molecule has 0 aliphatic carbocycles. The Hall–Kier alpha value is -3.09. The van der Waals surface area contributed by atoms with Crippen molar-refractivity contribution in [3.8, 4) is 11.5 Å². The third-order valence-electron chi connectivity index (χ3n) is 3.98. The van der Waals surface area contributed by atoms with E-state index in [9.17, 15) is 14.0 Å². The van der Waals surface area contributed by atoms with Gasteiger partial charge in [-0.3, -0.25) is 9.59 Å². The standard InChI is InChI=1S/C18H17FN2O4/c1-10-13(19)7-12(18(20)23)8-14(10)21-17(22)5-3-11-2-4-15-16(6-11)25-9-24-15/h2,4,6-8H,3,5,9H2,1H3,(H2,20,23)(H,21,22). The maximum Gasteiger partial charge on any atom is 0.248 e. The predicted octanol–water partition coefficient (Wildman–Crippen LogP) is 2.53. The molecular formula is C18H17FN2O4. The van der Waals surface area contributed by atoms with Crippen LogP contribution in [0.5, 0.6) is 11.5 Å². The number of primary amides is 1. The summed E-state index contributed by atoms with van der Waals surface area (Å²) in [4.78, 5) is 23.4. The Bertz CT molecular complexity index is 851. The molecule has 2 aromatic rings. The number of hydrogen-bond acceptors (Lipinski definition) is 4. The number of hydrogen-bond donors (Lipinski definition) is 2. The molecule has 2 amide bonds. The van der Waals surface area contributed by atoms with E-state index in [-0.39, 0.29) is 35.9 Å². The van der Waals surface area contributed by atoms with Gasteiger partial charge in [0.2, 0.25) is 18.6 Å². The number of nitrogens with one attached hydrogen (secondary N) is 1. The summed E-state index contributed by atoms with van der Waals surface area (Å²) in [5.74, 6) is -0.300. The second-order valence-electron chi connectivity index (χ2n) is 5.73. The lowest BCUT2D eigenvalue weighted by Crippen LogP contribution is -2.16. The Labute approximate surface area is 143 Å². The number of aryl methyl sites for hydroxylation is 1. The van der Waals surface area contributed by atoms with Crippen molar-refractivity contribution >= 4 is 17.5 Å². The normalized spacial score (nSPS) is 12.1. The fraction of sp³-hybridized carbons (Fsp3) is 0.222. The Balaban J connectivity index is 1.66. The number of carbonyl (C=O) groups is 2. The van der Waals surface area contributed by atoms with Crippen LogP contribution in [0.3, 0.4) is 0 Å². The number of nitrogens with two attached hydrogens (primary N) is 1. The smallest absolute Gasteiger partial charge is 0.248 e. The molecule has 0 radical (unpaired) electrons. The van der Waals surface area contributed by atoms with Gasteiger partial charge in [-0.05, 0) is 43.2 Å². The van der Waals surface area contributed by atoms with Crippen LogP contribution in [0.15, 0.2) is 30.3 Å². The molecule has 0 aromatic heterocycles. The molecule has 130 valence electrons. The molecule has 0 saturated carbocycles. The van der Waals surface area contributed by atoms with Crippen molar-refractivity contribution in [2.45, 2.75) is 19.8 Å². The minimum absolute atomic E-state index is 0.00849. The number of fused-ring (bicyclic) bond motifs is 1. The highest BCUT2D eigenvalue weighted by atomic mass is 19.1. The van der Waals surface area contributed by atoms with Crippen LogP contribution in [-0.2, 0) is 11.2 Å². The summed E-state index contributed by atoms with van der Waals surface area (Å²) in [6.45, 7) is 1.72. The largest absolute Gasteiger partial charge is 0.454 e. The zero-order chi connectivity index (χ0) is 18.0. The second-order valence-corrected chi connectivity index (χ2v) is 5.73. The Morgan fingerprint density at radius 1 is 1.20 bits per heavy atom. The fourth-order valence-electron chi connectivity index (χ4n) is 2.52. The van der Waals surface area contributed by atoms with Crippen LogP contribution in [0, 0.1) is 12.7 Å². The molecule has 2 aromatic carbocycles. The molecule has 6 nitrogen and oxygen atoms in total. The van der Waals surface area contributed by atoms with Gasteiger partial charge in [0.25, 0.3) is 0 Å². The molecule has 0 saturated heterocycles. The summed E-state index contributed by atoms with van der Waals surface area (Å²) >= 11 is 0. The van der Waals surface area contributed by atoms with Gasteiger partial charge in [-0.15, -0.1) is 0 Å². The second kappa shape index (κ2) is 6.80. The molecule has 0 bridgehead atoms. The van der Waals surface area contributed by atoms with Crippen LogP contribution in [0.1, 0.15) is 27.9 Å². The van der Waals surface area contributed by atoms with E-state index in [4.69, 9.17) is 15.2 Å². The number of amides is 2. The van der Waals surface area contributed by atoms with E-state index in [0.29, 0.717) is 17.9 Å². The van der Waals surface area contributed by atoms with Gasteiger partial charge in [-0.1, -0.05) is 6.07 Å². The fourth-order valence-corrected chi connectivity index (χ4v) is 2.52. The quantitative estimate of drug-likeness (QED) is 0.872. The molecule has 7 heteroatoms. The number of ether oxygens (including phenoxy) is 2. The molecule has 1 heterocycles. The van der Waals surface area contributed by atoms with E-state index in [2.05, 4.69) is 5.32 Å². The van der Waals surface area contributed by atoms with Crippen LogP contribution in [-0.4, -0.2) is 18.6 Å². The van der Waals surface area contributed by atoms with Crippen molar-refractivity contribution < 1.29 is 23.5 Å². The minimum atomic E-state index is -0.755. The lowest BCUT2D eigenvalue weighted by atomic mass is 10.1. The SMILES string of the molecule is Cc1c(F)cc(C(N)=O)cc1NC(=O)CCc1ccc2c(c1)OCO2. The molecule has 1 aliphatic rings. The van der Waals surface area contributed by atoms with Crippen LogP contribution in [0.25, 0.3) is 0 Å². The molecule has 3 rings (SSSR count). The highest BCUT2D eigenvalue weighted by Crippen LogP contribution is 2.32. The number of benzene rings is 2. The van der Waals surface area contributed by atoms with Crippen LogP contribution in [0.4, 0.5) is 10.1 Å². The summed E-state index contributed by atoms with van der Waals surface area (Å²) in [7, 11) is 0. The maximum atomic E-state index is 13.8. The lowest BCUT2D eigenvalue weighted by Gasteiger charge is -2.11. The van der Waals surface area contributed by atoms with Gasteiger partial charge in [0.1, 0.15) is 5.82 Å². The molecule has 25 heavy (non-hydrogen) atoms. The van der Waals surface area contributed by atoms with E-state index in [0.717, 1.165) is 11.6 Å². The lowest BCUT2D eigenvalue weighted by molar-refractivity contribution is -0.116. The zero-order valence-electron chi connectivity index (χ0n) is 13.6. The molecule has 1 aliphatic heterocycles. The summed E-state index contributed by atoms with van der Waals surface area (Å²) in [6, 6.07) is 7.91. The predicted molar refractivity (Wildman–Crippen MR) is 89.2 cm³/mol. The first kappa shape index (κ1) is 16.8. The maximum absolute atomic E-state index is 13.8. The summed E-state index contributed by atoms with van der Waals surface area (Å²) in [5.41, 5.74) is 6.60. The number of halogens is 1. The van der Waals surface area contributed by atoms with Crippen LogP contribution >= 0.6 is 0 Å². The Kier molecular flexibility index (Phi) is 4.56. The molecule has 0 unspecified atom stereocenters. The van der Waals surface area contributed by atoms with Crippen molar-refractivity contribution in [1.29, 1.82) is 0 Å². The van der Waals surface area contributed by atoms with E-state index in [1.807, 2.05) is 12.1 Å². The van der Waals surface area contributed by atoms with E-state index in [1.165, 1.54) is 13.0 Å². The van der Waals surface area contributed by atoms with Crippen molar-refractivity contribution in [2.75, 3.05) is 12.1 Å². The van der Waals surface area contributed by atoms with Gasteiger partial charge in [0.15, 0.2) is 11.5 Å². The highest BCUT2D eigenvalue weighted by Gasteiger charge is 2.15.